The van der Waals surface area contributed by atoms with Crippen molar-refractivity contribution in [2.45, 2.75) is 0 Å². The van der Waals surface area contributed by atoms with Crippen molar-refractivity contribution in [1.82, 2.24) is 9.97 Å². The Morgan fingerprint density at radius 3 is 2.61 bits per heavy atom. The zero-order chi connectivity index (χ0) is 12.7. The predicted octanol–water partition coefficient (Wildman–Crippen LogP) is 4.29. The third kappa shape index (κ3) is 1.76. The maximum atomic E-state index is 13.7. The zero-order valence-corrected chi connectivity index (χ0v) is 10.4. The van der Waals surface area contributed by atoms with Crippen LogP contribution in [0.4, 0.5) is 8.78 Å². The minimum atomic E-state index is -0.695. The molecule has 3 rings (SSSR count). The summed E-state index contributed by atoms with van der Waals surface area (Å²) in [5, 5.41) is 0.204. The van der Waals surface area contributed by atoms with Crippen LogP contribution < -0.4 is 0 Å². The Bertz CT molecular complexity index is 722. The number of rotatable bonds is 1. The highest BCUT2D eigenvalue weighted by molar-refractivity contribution is 7.16. The smallest absolute Gasteiger partial charge is 0.170 e. The van der Waals surface area contributed by atoms with E-state index in [1.54, 1.807) is 11.6 Å². The van der Waals surface area contributed by atoms with E-state index in [4.69, 9.17) is 11.6 Å². The number of fused-ring (bicyclic) bond motifs is 1. The lowest BCUT2D eigenvalue weighted by Gasteiger charge is -2.06. The molecule has 0 saturated carbocycles. The van der Waals surface area contributed by atoms with Crippen LogP contribution in [0, 0.1) is 11.6 Å². The topological polar surface area (TPSA) is 25.8 Å². The lowest BCUT2D eigenvalue weighted by molar-refractivity contribution is 0.589. The number of nitrogens with zero attached hydrogens (tertiary/aromatic N) is 2. The average Bonchev–Trinajstić information content (AvgIpc) is 2.76. The molecule has 3 aromatic rings. The second-order valence-corrected chi connectivity index (χ2v) is 4.88. The molecule has 6 heteroatoms. The molecule has 0 aliphatic heterocycles. The average molecular weight is 283 g/mol. The van der Waals surface area contributed by atoms with Crippen LogP contribution in [0.25, 0.3) is 21.6 Å². The van der Waals surface area contributed by atoms with Crippen molar-refractivity contribution in [3.05, 3.63) is 46.4 Å². The van der Waals surface area contributed by atoms with Gasteiger partial charge in [0.05, 0.1) is 26.5 Å². The number of halogens is 3. The molecule has 0 aliphatic rings. The number of hydrogen-bond acceptors (Lipinski definition) is 3. The highest BCUT2D eigenvalue weighted by atomic mass is 35.5. The van der Waals surface area contributed by atoms with Gasteiger partial charge in [0.2, 0.25) is 0 Å². The normalized spacial score (nSPS) is 11.1. The Labute approximate surface area is 110 Å². The molecule has 0 fully saturated rings. The lowest BCUT2D eigenvalue weighted by atomic mass is 10.1. The summed E-state index contributed by atoms with van der Waals surface area (Å²) >= 11 is 7.39. The van der Waals surface area contributed by atoms with E-state index in [2.05, 4.69) is 9.97 Å². The Hall–Kier alpha value is -1.59. The number of benzene rings is 1. The maximum Gasteiger partial charge on any atom is 0.170 e. The van der Waals surface area contributed by atoms with Crippen molar-refractivity contribution in [2.24, 2.45) is 0 Å². The molecule has 0 N–H and O–H groups in total. The second-order valence-electron chi connectivity index (χ2n) is 3.59. The Morgan fingerprint density at radius 2 is 1.89 bits per heavy atom. The fraction of sp³-hybridized carbons (Fsp3) is 0. The molecule has 0 unspecified atom stereocenters. The largest absolute Gasteiger partial charge is 0.225 e. The second kappa shape index (κ2) is 4.26. The van der Waals surface area contributed by atoms with Crippen molar-refractivity contribution in [3.63, 3.8) is 0 Å². The molecule has 2 heterocycles. The van der Waals surface area contributed by atoms with Crippen molar-refractivity contribution in [1.29, 1.82) is 0 Å². The molecule has 0 aliphatic carbocycles. The molecule has 2 aromatic heterocycles. The van der Waals surface area contributed by atoms with E-state index in [1.165, 1.54) is 29.5 Å². The van der Waals surface area contributed by atoms with Crippen LogP contribution >= 0.6 is 22.9 Å². The van der Waals surface area contributed by atoms with Gasteiger partial charge in [-0.3, -0.25) is 0 Å². The first-order chi connectivity index (χ1) is 8.66. The summed E-state index contributed by atoms with van der Waals surface area (Å²) < 4.78 is 28.1. The van der Waals surface area contributed by atoms with E-state index >= 15 is 0 Å². The molecular weight excluding hydrogens is 278 g/mol. The van der Waals surface area contributed by atoms with Crippen LogP contribution in [0.2, 0.25) is 5.02 Å². The van der Waals surface area contributed by atoms with Gasteiger partial charge in [-0.15, -0.1) is 11.3 Å². The summed E-state index contributed by atoms with van der Waals surface area (Å²) in [6.07, 6.45) is 0. The lowest BCUT2D eigenvalue weighted by Crippen LogP contribution is -1.94. The third-order valence-corrected chi connectivity index (χ3v) is 3.53. The number of pyridine rings is 1. The van der Waals surface area contributed by atoms with Gasteiger partial charge in [-0.05, 0) is 18.2 Å². The first-order valence-electron chi connectivity index (χ1n) is 5.01. The number of thiazole rings is 1. The summed E-state index contributed by atoms with van der Waals surface area (Å²) in [5.74, 6) is -1.39. The fourth-order valence-corrected chi connectivity index (χ4v) is 2.64. The van der Waals surface area contributed by atoms with Gasteiger partial charge in [-0.2, -0.15) is 0 Å². The van der Waals surface area contributed by atoms with E-state index in [9.17, 15) is 8.78 Å². The van der Waals surface area contributed by atoms with E-state index in [0.717, 1.165) is 4.70 Å². The molecule has 90 valence electrons. The quantitative estimate of drug-likeness (QED) is 0.665. The molecule has 2 nitrogen and oxygen atoms in total. The first kappa shape index (κ1) is 11.5. The summed E-state index contributed by atoms with van der Waals surface area (Å²) in [5.41, 5.74) is 1.89. The van der Waals surface area contributed by atoms with E-state index in [0.29, 0.717) is 5.65 Å². The third-order valence-electron chi connectivity index (χ3n) is 2.48. The van der Waals surface area contributed by atoms with Gasteiger partial charge in [0.25, 0.3) is 0 Å². The number of hydrogen-bond donors (Lipinski definition) is 0. The van der Waals surface area contributed by atoms with E-state index in [-0.39, 0.29) is 16.3 Å². The van der Waals surface area contributed by atoms with Crippen LogP contribution in [0.5, 0.6) is 0 Å². The predicted molar refractivity (Wildman–Crippen MR) is 67.8 cm³/mol. The minimum Gasteiger partial charge on any atom is -0.225 e. The van der Waals surface area contributed by atoms with Crippen LogP contribution in [-0.2, 0) is 0 Å². The molecule has 0 saturated heterocycles. The van der Waals surface area contributed by atoms with Crippen molar-refractivity contribution < 1.29 is 8.78 Å². The van der Waals surface area contributed by atoms with Crippen LogP contribution in [0.15, 0.2) is 29.8 Å². The van der Waals surface area contributed by atoms with Crippen LogP contribution in [0.3, 0.4) is 0 Å². The maximum absolute atomic E-state index is 13.7. The number of aromatic nitrogens is 2. The van der Waals surface area contributed by atoms with Gasteiger partial charge in [-0.1, -0.05) is 17.7 Å². The summed E-state index contributed by atoms with van der Waals surface area (Å²) in [7, 11) is 0. The molecule has 0 radical (unpaired) electrons. The molecule has 0 bridgehead atoms. The molecule has 1 aromatic carbocycles. The molecule has 0 amide bonds. The van der Waals surface area contributed by atoms with Crippen LogP contribution in [0.1, 0.15) is 0 Å². The molecule has 0 atom stereocenters. The SMILES string of the molecule is Fc1cccc(F)c1-c1nc2ncsc2cc1Cl. The zero-order valence-electron chi connectivity index (χ0n) is 8.82. The van der Waals surface area contributed by atoms with Crippen molar-refractivity contribution >= 4 is 33.3 Å². The Morgan fingerprint density at radius 1 is 1.17 bits per heavy atom. The summed E-state index contributed by atoms with van der Waals surface area (Å²) in [6.45, 7) is 0. The monoisotopic (exact) mass is 282 g/mol. The highest BCUT2D eigenvalue weighted by Gasteiger charge is 2.17. The molecule has 18 heavy (non-hydrogen) atoms. The fourth-order valence-electron chi connectivity index (χ4n) is 1.67. The van der Waals surface area contributed by atoms with Gasteiger partial charge in [0, 0.05) is 0 Å². The van der Waals surface area contributed by atoms with Crippen LogP contribution in [-0.4, -0.2) is 9.97 Å². The van der Waals surface area contributed by atoms with Crippen molar-refractivity contribution in [2.75, 3.05) is 0 Å². The molecule has 0 spiro atoms. The van der Waals surface area contributed by atoms with Gasteiger partial charge in [0.15, 0.2) is 5.65 Å². The Balaban J connectivity index is 2.34. The highest BCUT2D eigenvalue weighted by Crippen LogP contribution is 2.33. The van der Waals surface area contributed by atoms with E-state index in [1.807, 2.05) is 0 Å². The molecular formula is C12H5ClF2N2S. The first-order valence-corrected chi connectivity index (χ1v) is 6.26. The van der Waals surface area contributed by atoms with Gasteiger partial charge >= 0.3 is 0 Å². The van der Waals surface area contributed by atoms with Gasteiger partial charge in [-0.25, -0.2) is 18.7 Å². The standard InChI is InChI=1S/C12H5ClF2N2S/c13-6-4-9-12(16-5-18-9)17-11(6)10-7(14)2-1-3-8(10)15/h1-5H. The summed E-state index contributed by atoms with van der Waals surface area (Å²) in [6, 6.07) is 5.25. The van der Waals surface area contributed by atoms with E-state index < -0.39 is 11.6 Å². The van der Waals surface area contributed by atoms with Crippen molar-refractivity contribution in [3.8, 4) is 11.3 Å². The Kier molecular flexibility index (Phi) is 2.72. The van der Waals surface area contributed by atoms with Gasteiger partial charge < -0.3 is 0 Å². The van der Waals surface area contributed by atoms with Gasteiger partial charge in [0.1, 0.15) is 11.6 Å². The summed E-state index contributed by atoms with van der Waals surface area (Å²) in [4.78, 5) is 8.12. The minimum absolute atomic E-state index is 0.0747.